The van der Waals surface area contributed by atoms with E-state index in [-0.39, 0.29) is 18.5 Å². The topological polar surface area (TPSA) is 112 Å². The molecular weight excluding hydrogens is 494 g/mol. The summed E-state index contributed by atoms with van der Waals surface area (Å²) in [6.45, 7) is -1.24. The summed E-state index contributed by atoms with van der Waals surface area (Å²) in [6, 6.07) is 14.5. The minimum Gasteiger partial charge on any atom is -0.381 e. The van der Waals surface area contributed by atoms with Gasteiger partial charge in [0.05, 0.1) is 24.6 Å². The number of fused-ring (bicyclic) bond motifs is 1. The zero-order chi connectivity index (χ0) is 27.3. The number of alkyl halides is 2. The first-order chi connectivity index (χ1) is 18.2. The fourth-order valence-electron chi connectivity index (χ4n) is 4.46. The van der Waals surface area contributed by atoms with E-state index in [9.17, 15) is 28.3 Å². The molecule has 1 aliphatic rings. The van der Waals surface area contributed by atoms with Gasteiger partial charge in [-0.2, -0.15) is 0 Å². The number of hydrogen-bond donors (Lipinski definition) is 3. The summed E-state index contributed by atoms with van der Waals surface area (Å²) in [6.07, 6.45) is 3.99. The van der Waals surface area contributed by atoms with Gasteiger partial charge < -0.3 is 20.6 Å². The number of likely N-dealkylation sites (tertiary alicyclic amines) is 1. The number of carbonyl (C=O) groups excluding carboxylic acids is 3. The third kappa shape index (κ3) is 6.12. The van der Waals surface area contributed by atoms with Crippen LogP contribution in [0.15, 0.2) is 66.9 Å². The van der Waals surface area contributed by atoms with Gasteiger partial charge in [0.25, 0.3) is 17.7 Å². The fraction of sp³-hybridized carbons (Fsp3) is 0.286. The van der Waals surface area contributed by atoms with Crippen molar-refractivity contribution in [1.29, 1.82) is 0 Å². The molecule has 4 rings (SSSR count). The van der Waals surface area contributed by atoms with Crippen molar-refractivity contribution in [1.82, 2.24) is 20.5 Å². The maximum atomic E-state index is 14.3. The van der Waals surface area contributed by atoms with Gasteiger partial charge in [-0.15, -0.1) is 6.42 Å². The summed E-state index contributed by atoms with van der Waals surface area (Å²) in [7, 11) is 0. The summed E-state index contributed by atoms with van der Waals surface area (Å²) in [5.74, 6) is -3.65. The van der Waals surface area contributed by atoms with E-state index in [1.807, 2.05) is 0 Å². The van der Waals surface area contributed by atoms with Crippen molar-refractivity contribution in [2.45, 2.75) is 37.0 Å². The highest BCUT2D eigenvalue weighted by Gasteiger charge is 2.51. The Hall–Kier alpha value is -4.36. The van der Waals surface area contributed by atoms with Gasteiger partial charge >= 0.3 is 0 Å². The number of terminal acetylenes is 1. The Balaban J connectivity index is 1.59. The Labute approximate surface area is 218 Å². The maximum Gasteiger partial charge on any atom is 0.267 e. The standard InChI is InChI=1S/C28H26F2N4O4/c1-2-12-32-26(37)23-16-28(29,30)17-34(23)27(38)24(35)22(14-18-7-4-3-5-8-18)33-25(36)20-10-11-21-19(15-20)9-6-13-31-21/h1,3-11,13,15,22-24,35H,12,14,16-17H2,(H,32,37)(H,33,36)/t22-,23-,24-/m0/s1. The van der Waals surface area contributed by atoms with Crippen LogP contribution in [-0.2, 0) is 16.0 Å². The maximum absolute atomic E-state index is 14.3. The summed E-state index contributed by atoms with van der Waals surface area (Å²) in [5.41, 5.74) is 1.65. The van der Waals surface area contributed by atoms with Gasteiger partial charge in [-0.3, -0.25) is 19.4 Å². The number of nitrogens with one attached hydrogen (secondary N) is 2. The predicted octanol–water partition coefficient (Wildman–Crippen LogP) is 1.92. The van der Waals surface area contributed by atoms with Crippen LogP contribution in [0, 0.1) is 12.3 Å². The van der Waals surface area contributed by atoms with Crippen molar-refractivity contribution in [3.8, 4) is 12.3 Å². The van der Waals surface area contributed by atoms with Gasteiger partial charge in [0.2, 0.25) is 5.91 Å². The number of aliphatic hydroxyl groups excluding tert-OH is 1. The lowest BCUT2D eigenvalue weighted by Crippen LogP contribution is -2.56. The Morgan fingerprint density at radius 1 is 1.16 bits per heavy atom. The Morgan fingerprint density at radius 2 is 1.92 bits per heavy atom. The van der Waals surface area contributed by atoms with Crippen LogP contribution < -0.4 is 10.6 Å². The Kier molecular flexibility index (Phi) is 7.98. The number of benzene rings is 2. The second-order valence-electron chi connectivity index (χ2n) is 9.09. The number of amides is 3. The monoisotopic (exact) mass is 520 g/mol. The quantitative estimate of drug-likeness (QED) is 0.393. The highest BCUT2D eigenvalue weighted by molar-refractivity contribution is 5.98. The molecule has 3 N–H and O–H groups in total. The first kappa shape index (κ1) is 26.7. The van der Waals surface area contributed by atoms with E-state index in [1.54, 1.807) is 66.9 Å². The number of carbonyl (C=O) groups is 3. The summed E-state index contributed by atoms with van der Waals surface area (Å²) >= 11 is 0. The Morgan fingerprint density at radius 3 is 2.66 bits per heavy atom. The second kappa shape index (κ2) is 11.4. The summed E-state index contributed by atoms with van der Waals surface area (Å²) in [5, 5.41) is 16.8. The van der Waals surface area contributed by atoms with E-state index in [0.717, 1.165) is 5.39 Å². The molecular formula is C28H26F2N4O4. The first-order valence-electron chi connectivity index (χ1n) is 12.0. The van der Waals surface area contributed by atoms with Crippen molar-refractivity contribution >= 4 is 28.6 Å². The molecule has 1 fully saturated rings. The molecule has 1 aliphatic heterocycles. The molecule has 0 saturated carbocycles. The Bertz CT molecular complexity index is 1380. The number of halogens is 2. The molecule has 196 valence electrons. The molecule has 2 heterocycles. The van der Waals surface area contributed by atoms with Gasteiger partial charge in [0.1, 0.15) is 6.04 Å². The van der Waals surface area contributed by atoms with Gasteiger partial charge in [0, 0.05) is 23.6 Å². The average Bonchev–Trinajstić information content (AvgIpc) is 3.26. The van der Waals surface area contributed by atoms with Crippen molar-refractivity contribution in [2.24, 2.45) is 0 Å². The van der Waals surface area contributed by atoms with Crippen LogP contribution in [0.5, 0.6) is 0 Å². The van der Waals surface area contributed by atoms with Crippen molar-refractivity contribution in [3.63, 3.8) is 0 Å². The molecule has 3 amide bonds. The van der Waals surface area contributed by atoms with Crippen LogP contribution in [0.25, 0.3) is 10.9 Å². The largest absolute Gasteiger partial charge is 0.381 e. The third-order valence-corrected chi connectivity index (χ3v) is 6.33. The lowest BCUT2D eigenvalue weighted by atomic mass is 9.99. The summed E-state index contributed by atoms with van der Waals surface area (Å²) < 4.78 is 28.6. The third-order valence-electron chi connectivity index (χ3n) is 6.33. The predicted molar refractivity (Wildman–Crippen MR) is 136 cm³/mol. The highest BCUT2D eigenvalue weighted by Crippen LogP contribution is 2.33. The number of pyridine rings is 1. The molecule has 1 saturated heterocycles. The molecule has 10 heteroatoms. The van der Waals surface area contributed by atoms with Crippen LogP contribution in [0.4, 0.5) is 8.78 Å². The molecule has 2 aromatic carbocycles. The molecule has 0 aliphatic carbocycles. The second-order valence-corrected chi connectivity index (χ2v) is 9.09. The molecule has 3 atom stereocenters. The van der Waals surface area contributed by atoms with Crippen LogP contribution in [0.1, 0.15) is 22.3 Å². The SMILES string of the molecule is C#CCNC(=O)[C@@H]1CC(F)(F)CN1C(=O)[C@@H](O)[C@H](Cc1ccccc1)NC(=O)c1ccc2ncccc2c1. The molecule has 0 radical (unpaired) electrons. The van der Waals surface area contributed by atoms with Crippen LogP contribution >= 0.6 is 0 Å². The zero-order valence-corrected chi connectivity index (χ0v) is 20.3. The van der Waals surface area contributed by atoms with E-state index in [0.29, 0.717) is 16.0 Å². The number of rotatable bonds is 8. The van der Waals surface area contributed by atoms with E-state index in [1.165, 1.54) is 0 Å². The van der Waals surface area contributed by atoms with Crippen LogP contribution in [0.3, 0.4) is 0 Å². The zero-order valence-electron chi connectivity index (χ0n) is 20.3. The summed E-state index contributed by atoms with van der Waals surface area (Å²) in [4.78, 5) is 43.8. The number of aromatic nitrogens is 1. The first-order valence-corrected chi connectivity index (χ1v) is 12.0. The molecule has 3 aromatic rings. The van der Waals surface area contributed by atoms with Crippen molar-refractivity contribution < 1.29 is 28.3 Å². The van der Waals surface area contributed by atoms with Crippen molar-refractivity contribution in [3.05, 3.63) is 78.0 Å². The fourth-order valence-corrected chi connectivity index (χ4v) is 4.46. The minimum atomic E-state index is -3.33. The average molecular weight is 521 g/mol. The molecule has 0 unspecified atom stereocenters. The van der Waals surface area contributed by atoms with Crippen molar-refractivity contribution in [2.75, 3.05) is 13.1 Å². The number of hydrogen-bond acceptors (Lipinski definition) is 5. The van der Waals surface area contributed by atoms with Crippen LogP contribution in [-0.4, -0.2) is 69.9 Å². The van der Waals surface area contributed by atoms with E-state index in [4.69, 9.17) is 6.42 Å². The van der Waals surface area contributed by atoms with E-state index in [2.05, 4.69) is 21.5 Å². The van der Waals surface area contributed by atoms with Gasteiger partial charge in [-0.25, -0.2) is 8.78 Å². The molecule has 8 nitrogen and oxygen atoms in total. The van der Waals surface area contributed by atoms with E-state index < -0.39 is 54.8 Å². The van der Waals surface area contributed by atoms with Gasteiger partial charge in [-0.1, -0.05) is 42.3 Å². The minimum absolute atomic E-state index is 0.0345. The molecule has 38 heavy (non-hydrogen) atoms. The highest BCUT2D eigenvalue weighted by atomic mass is 19.3. The molecule has 0 bridgehead atoms. The normalized spacial score (nSPS) is 17.8. The van der Waals surface area contributed by atoms with Gasteiger partial charge in [-0.05, 0) is 36.2 Å². The van der Waals surface area contributed by atoms with Crippen LogP contribution in [0.2, 0.25) is 0 Å². The lowest BCUT2D eigenvalue weighted by molar-refractivity contribution is -0.147. The van der Waals surface area contributed by atoms with E-state index >= 15 is 0 Å². The smallest absolute Gasteiger partial charge is 0.267 e. The number of aliphatic hydroxyl groups is 1. The van der Waals surface area contributed by atoms with Gasteiger partial charge in [0.15, 0.2) is 6.10 Å². The number of nitrogens with zero attached hydrogens (tertiary/aromatic N) is 2. The molecule has 0 spiro atoms. The molecule has 1 aromatic heterocycles. The lowest BCUT2D eigenvalue weighted by Gasteiger charge is -2.30.